The molecule has 0 amide bonds. The SMILES string of the molecule is CCOP(=O)(OCC)C1N=C(C(=O)CC)CC1C(=O)OC. The lowest BCUT2D eigenvalue weighted by atomic mass is 10.0. The first-order valence-corrected chi connectivity index (χ1v) is 8.61. The normalized spacial score (nSPS) is 22.0. The molecule has 120 valence electrons. The van der Waals surface area contributed by atoms with E-state index >= 15 is 0 Å². The molecule has 0 spiro atoms. The molecule has 2 unspecified atom stereocenters. The second-order valence-electron chi connectivity index (χ2n) is 4.48. The number of hydrogen-bond acceptors (Lipinski definition) is 7. The topological polar surface area (TPSA) is 91.3 Å². The Kier molecular flexibility index (Phi) is 6.71. The van der Waals surface area contributed by atoms with Crippen LogP contribution in [0.2, 0.25) is 0 Å². The maximum atomic E-state index is 12.8. The second-order valence-corrected chi connectivity index (χ2v) is 6.60. The average molecular weight is 319 g/mol. The van der Waals surface area contributed by atoms with E-state index in [-0.39, 0.29) is 37.6 Å². The maximum Gasteiger partial charge on any atom is 0.355 e. The van der Waals surface area contributed by atoms with E-state index < -0.39 is 25.3 Å². The summed E-state index contributed by atoms with van der Waals surface area (Å²) in [5.74, 6) is -2.58. The minimum absolute atomic E-state index is 0.105. The number of carbonyl (C=O) groups excluding carboxylic acids is 2. The van der Waals surface area contributed by atoms with Gasteiger partial charge in [0.25, 0.3) is 0 Å². The summed E-state index contributed by atoms with van der Waals surface area (Å²) in [6.07, 6.45) is 0.376. The Morgan fingerprint density at radius 3 is 2.24 bits per heavy atom. The molecule has 1 rings (SSSR count). The van der Waals surface area contributed by atoms with Crippen molar-refractivity contribution in [1.82, 2.24) is 0 Å². The van der Waals surface area contributed by atoms with E-state index in [1.807, 2.05) is 0 Å². The molecule has 0 fully saturated rings. The molecular weight excluding hydrogens is 297 g/mol. The fraction of sp³-hybridized carbons (Fsp3) is 0.769. The van der Waals surface area contributed by atoms with Crippen molar-refractivity contribution in [1.29, 1.82) is 0 Å². The van der Waals surface area contributed by atoms with Gasteiger partial charge in [0, 0.05) is 12.8 Å². The van der Waals surface area contributed by atoms with Crippen LogP contribution in [0.25, 0.3) is 0 Å². The second kappa shape index (κ2) is 7.82. The molecule has 8 heteroatoms. The van der Waals surface area contributed by atoms with Gasteiger partial charge in [0.15, 0.2) is 11.6 Å². The van der Waals surface area contributed by atoms with Crippen LogP contribution in [0.5, 0.6) is 0 Å². The first-order valence-electron chi connectivity index (χ1n) is 6.99. The van der Waals surface area contributed by atoms with Gasteiger partial charge in [0.1, 0.15) is 0 Å². The van der Waals surface area contributed by atoms with Crippen LogP contribution in [-0.4, -0.2) is 43.6 Å². The minimum Gasteiger partial charge on any atom is -0.469 e. The summed E-state index contributed by atoms with van der Waals surface area (Å²) in [5, 5.41) is 0. The zero-order chi connectivity index (χ0) is 16.0. The predicted molar refractivity (Wildman–Crippen MR) is 77.5 cm³/mol. The highest BCUT2D eigenvalue weighted by Gasteiger charge is 2.49. The average Bonchev–Trinajstić information content (AvgIpc) is 2.92. The molecule has 0 aromatic heterocycles. The molecule has 0 saturated heterocycles. The lowest BCUT2D eigenvalue weighted by Crippen LogP contribution is -2.27. The molecular formula is C13H22NO6P. The van der Waals surface area contributed by atoms with E-state index in [9.17, 15) is 14.2 Å². The molecule has 0 aliphatic carbocycles. The third kappa shape index (κ3) is 3.99. The van der Waals surface area contributed by atoms with Gasteiger partial charge in [-0.05, 0) is 13.8 Å². The van der Waals surface area contributed by atoms with Gasteiger partial charge in [-0.25, -0.2) is 0 Å². The molecule has 0 aromatic rings. The van der Waals surface area contributed by atoms with E-state index in [0.717, 1.165) is 0 Å². The van der Waals surface area contributed by atoms with E-state index in [1.165, 1.54) is 7.11 Å². The molecule has 2 atom stereocenters. The quantitative estimate of drug-likeness (QED) is 0.503. The van der Waals surface area contributed by atoms with Gasteiger partial charge in [-0.15, -0.1) is 0 Å². The van der Waals surface area contributed by atoms with Crippen LogP contribution in [0.4, 0.5) is 0 Å². The molecule has 21 heavy (non-hydrogen) atoms. The van der Waals surface area contributed by atoms with Crippen molar-refractivity contribution in [3.63, 3.8) is 0 Å². The van der Waals surface area contributed by atoms with Crippen LogP contribution in [-0.2, 0) is 27.9 Å². The van der Waals surface area contributed by atoms with Crippen LogP contribution >= 0.6 is 7.60 Å². The van der Waals surface area contributed by atoms with Crippen molar-refractivity contribution in [2.24, 2.45) is 10.9 Å². The maximum absolute atomic E-state index is 12.8. The molecule has 0 bridgehead atoms. The first-order chi connectivity index (χ1) is 9.93. The highest BCUT2D eigenvalue weighted by atomic mass is 31.2. The summed E-state index contributed by atoms with van der Waals surface area (Å²) >= 11 is 0. The van der Waals surface area contributed by atoms with Crippen LogP contribution in [0, 0.1) is 5.92 Å². The molecule has 1 aliphatic rings. The van der Waals surface area contributed by atoms with E-state index in [1.54, 1.807) is 20.8 Å². The Bertz CT molecular complexity index is 465. The van der Waals surface area contributed by atoms with Crippen LogP contribution < -0.4 is 0 Å². The molecule has 0 N–H and O–H groups in total. The van der Waals surface area contributed by atoms with Gasteiger partial charge in [0.05, 0.1) is 32.0 Å². The van der Waals surface area contributed by atoms with Crippen molar-refractivity contribution in [2.75, 3.05) is 20.3 Å². The van der Waals surface area contributed by atoms with Gasteiger partial charge < -0.3 is 13.8 Å². The van der Waals surface area contributed by atoms with E-state index in [4.69, 9.17) is 13.8 Å². The predicted octanol–water partition coefficient (Wildman–Crippen LogP) is 2.19. The van der Waals surface area contributed by atoms with Crippen molar-refractivity contribution >= 4 is 25.1 Å². The fourth-order valence-corrected chi connectivity index (χ4v) is 4.25. The molecule has 1 aliphatic heterocycles. The highest BCUT2D eigenvalue weighted by molar-refractivity contribution is 7.54. The van der Waals surface area contributed by atoms with Crippen molar-refractivity contribution in [3.05, 3.63) is 0 Å². The van der Waals surface area contributed by atoms with Crippen molar-refractivity contribution in [3.8, 4) is 0 Å². The Morgan fingerprint density at radius 1 is 1.24 bits per heavy atom. The number of ketones is 1. The van der Waals surface area contributed by atoms with Crippen molar-refractivity contribution < 1.29 is 27.9 Å². The summed E-state index contributed by atoms with van der Waals surface area (Å²) in [6.45, 7) is 5.38. The number of esters is 1. The summed E-state index contributed by atoms with van der Waals surface area (Å²) in [6, 6.07) is 0. The Labute approximate surface area is 124 Å². The van der Waals surface area contributed by atoms with Gasteiger partial charge in [-0.1, -0.05) is 6.92 Å². The zero-order valence-corrected chi connectivity index (χ0v) is 13.7. The number of nitrogens with zero attached hydrogens (tertiary/aromatic N) is 1. The Morgan fingerprint density at radius 2 is 1.81 bits per heavy atom. The number of hydrogen-bond donors (Lipinski definition) is 0. The van der Waals surface area contributed by atoms with Gasteiger partial charge in [-0.3, -0.25) is 19.1 Å². The molecule has 0 saturated carbocycles. The minimum atomic E-state index is -3.62. The third-order valence-corrected chi connectivity index (χ3v) is 5.51. The Hall–Kier alpha value is -1.04. The van der Waals surface area contributed by atoms with E-state index in [2.05, 4.69) is 4.99 Å². The number of ether oxygens (including phenoxy) is 1. The van der Waals surface area contributed by atoms with Crippen molar-refractivity contribution in [2.45, 2.75) is 39.4 Å². The summed E-state index contributed by atoms with van der Waals surface area (Å²) in [4.78, 5) is 27.9. The van der Waals surface area contributed by atoms with Crippen LogP contribution in [0.3, 0.4) is 0 Å². The molecule has 0 radical (unpaired) electrons. The standard InChI is InChI=1S/C13H22NO6P/c1-5-11(15)10-8-9(13(16)18-4)12(14-10)21(17,19-6-2)20-7-3/h9,12H,5-8H2,1-4H3. The van der Waals surface area contributed by atoms with Crippen LogP contribution in [0.1, 0.15) is 33.6 Å². The van der Waals surface area contributed by atoms with E-state index in [0.29, 0.717) is 0 Å². The van der Waals surface area contributed by atoms with Gasteiger partial charge in [0.2, 0.25) is 0 Å². The van der Waals surface area contributed by atoms with Gasteiger partial charge in [-0.2, -0.15) is 0 Å². The largest absolute Gasteiger partial charge is 0.469 e. The van der Waals surface area contributed by atoms with Gasteiger partial charge >= 0.3 is 13.6 Å². The number of Topliss-reactive ketones (excluding diaryl/α,β-unsaturated/α-hetero) is 1. The summed E-state index contributed by atoms with van der Waals surface area (Å²) < 4.78 is 28.0. The number of aliphatic imine (C=N–C) groups is 1. The smallest absolute Gasteiger partial charge is 0.355 e. The first kappa shape index (κ1) is 18.0. The summed E-state index contributed by atoms with van der Waals surface area (Å²) in [7, 11) is -2.38. The Balaban J connectivity index is 3.16. The van der Waals surface area contributed by atoms with Crippen LogP contribution in [0.15, 0.2) is 4.99 Å². The molecule has 7 nitrogen and oxygen atoms in total. The number of methoxy groups -OCH3 is 1. The number of rotatable bonds is 8. The lowest BCUT2D eigenvalue weighted by molar-refractivity contribution is -0.145. The molecule has 1 heterocycles. The highest BCUT2D eigenvalue weighted by Crippen LogP contribution is 2.58. The zero-order valence-electron chi connectivity index (χ0n) is 12.8. The molecule has 0 aromatic carbocycles. The fourth-order valence-electron chi connectivity index (χ4n) is 2.20. The number of carbonyl (C=O) groups is 2. The third-order valence-electron chi connectivity index (χ3n) is 3.15. The lowest BCUT2D eigenvalue weighted by Gasteiger charge is -2.24. The summed E-state index contributed by atoms with van der Waals surface area (Å²) in [5.41, 5.74) is 0.248. The monoisotopic (exact) mass is 319 g/mol.